The van der Waals surface area contributed by atoms with E-state index in [2.05, 4.69) is 20.3 Å². The van der Waals surface area contributed by atoms with Crippen LogP contribution in [0.2, 0.25) is 0 Å². The Labute approximate surface area is 165 Å². The highest BCUT2D eigenvalue weighted by Crippen LogP contribution is 2.15. The van der Waals surface area contributed by atoms with Gasteiger partial charge in [-0.2, -0.15) is 0 Å². The van der Waals surface area contributed by atoms with Crippen molar-refractivity contribution >= 4 is 23.0 Å². The first kappa shape index (κ1) is 18.8. The monoisotopic (exact) mass is 398 g/mol. The van der Waals surface area contributed by atoms with Crippen LogP contribution in [0.1, 0.15) is 12.8 Å². The molecule has 1 atom stereocenters. The van der Waals surface area contributed by atoms with Gasteiger partial charge in [0, 0.05) is 45.6 Å². The highest BCUT2D eigenvalue weighted by molar-refractivity contribution is 5.77. The van der Waals surface area contributed by atoms with Crippen LogP contribution in [0.4, 0.5) is 5.95 Å². The molecule has 11 heteroatoms. The van der Waals surface area contributed by atoms with E-state index in [9.17, 15) is 14.4 Å². The number of hydrogen-bond acceptors (Lipinski definition) is 7. The van der Waals surface area contributed by atoms with Gasteiger partial charge in [0.25, 0.3) is 5.56 Å². The Hall–Kier alpha value is -3.50. The van der Waals surface area contributed by atoms with Gasteiger partial charge in [-0.3, -0.25) is 14.2 Å². The molecule has 29 heavy (non-hydrogen) atoms. The van der Waals surface area contributed by atoms with Gasteiger partial charge in [-0.1, -0.05) is 0 Å². The zero-order valence-electron chi connectivity index (χ0n) is 16.3. The number of carbonyl (C=O) groups is 1. The van der Waals surface area contributed by atoms with E-state index in [0.717, 1.165) is 24.0 Å². The van der Waals surface area contributed by atoms with E-state index in [1.54, 1.807) is 30.1 Å². The van der Waals surface area contributed by atoms with Gasteiger partial charge < -0.3 is 14.8 Å². The molecule has 1 unspecified atom stereocenters. The summed E-state index contributed by atoms with van der Waals surface area (Å²) in [4.78, 5) is 52.5. The third-order valence-corrected chi connectivity index (χ3v) is 5.12. The minimum Gasteiger partial charge on any atom is -0.350 e. The Morgan fingerprint density at radius 1 is 1.21 bits per heavy atom. The third kappa shape index (κ3) is 3.50. The number of carbonyl (C=O) groups excluding carboxylic acids is 1. The number of nitrogens with one attached hydrogen (secondary N) is 1. The average Bonchev–Trinajstić information content (AvgIpc) is 3.12. The maximum atomic E-state index is 12.7. The van der Waals surface area contributed by atoms with E-state index in [-0.39, 0.29) is 24.0 Å². The van der Waals surface area contributed by atoms with Crippen molar-refractivity contribution in [2.45, 2.75) is 25.4 Å². The molecule has 0 aliphatic carbocycles. The van der Waals surface area contributed by atoms with E-state index in [1.165, 1.54) is 17.9 Å². The van der Waals surface area contributed by atoms with Crippen molar-refractivity contribution < 1.29 is 4.79 Å². The first-order chi connectivity index (χ1) is 14.0. The fourth-order valence-electron chi connectivity index (χ4n) is 3.68. The Kier molecular flexibility index (Phi) is 4.87. The number of imidazole rings is 1. The van der Waals surface area contributed by atoms with E-state index in [1.807, 2.05) is 4.90 Å². The summed E-state index contributed by atoms with van der Waals surface area (Å²) in [6.07, 6.45) is 6.52. The molecule has 1 fully saturated rings. The number of hydrogen-bond donors (Lipinski definition) is 1. The lowest BCUT2D eigenvalue weighted by molar-refractivity contribution is -0.122. The van der Waals surface area contributed by atoms with E-state index in [0.29, 0.717) is 18.1 Å². The van der Waals surface area contributed by atoms with Crippen molar-refractivity contribution in [3.63, 3.8) is 0 Å². The fourth-order valence-corrected chi connectivity index (χ4v) is 3.68. The first-order valence-corrected chi connectivity index (χ1v) is 9.38. The van der Waals surface area contributed by atoms with Crippen molar-refractivity contribution in [1.82, 2.24) is 34.0 Å². The van der Waals surface area contributed by atoms with Gasteiger partial charge in [0.2, 0.25) is 11.9 Å². The maximum Gasteiger partial charge on any atom is 0.332 e. The summed E-state index contributed by atoms with van der Waals surface area (Å²) in [5, 5.41) is 2.93. The van der Waals surface area contributed by atoms with E-state index < -0.39 is 11.2 Å². The number of anilines is 1. The summed E-state index contributed by atoms with van der Waals surface area (Å²) in [5.74, 6) is 0.241. The van der Waals surface area contributed by atoms with Crippen LogP contribution >= 0.6 is 0 Å². The molecular formula is C18H22N8O3. The summed E-state index contributed by atoms with van der Waals surface area (Å²) in [5.41, 5.74) is -0.518. The van der Waals surface area contributed by atoms with Gasteiger partial charge in [0.05, 0.1) is 6.33 Å². The summed E-state index contributed by atoms with van der Waals surface area (Å²) >= 11 is 0. The molecule has 4 heterocycles. The predicted octanol–water partition coefficient (Wildman–Crippen LogP) is -0.991. The van der Waals surface area contributed by atoms with Crippen LogP contribution in [0.25, 0.3) is 11.2 Å². The topological polar surface area (TPSA) is 120 Å². The van der Waals surface area contributed by atoms with Crippen LogP contribution in [0.5, 0.6) is 0 Å². The van der Waals surface area contributed by atoms with Crippen LogP contribution < -0.4 is 21.5 Å². The molecule has 1 N–H and O–H groups in total. The molecule has 152 valence electrons. The number of amides is 1. The highest BCUT2D eigenvalue weighted by Gasteiger charge is 2.24. The molecule has 1 aliphatic heterocycles. The molecule has 0 radical (unpaired) electrons. The van der Waals surface area contributed by atoms with Crippen LogP contribution in [0.3, 0.4) is 0 Å². The van der Waals surface area contributed by atoms with Crippen molar-refractivity contribution in [3.8, 4) is 0 Å². The summed E-state index contributed by atoms with van der Waals surface area (Å²) in [7, 11) is 3.21. The lowest BCUT2D eigenvalue weighted by atomic mass is 10.1. The molecule has 3 aromatic heterocycles. The lowest BCUT2D eigenvalue weighted by Gasteiger charge is -2.33. The molecule has 0 spiro atoms. The molecular weight excluding hydrogens is 376 g/mol. The molecule has 1 amide bonds. The average molecular weight is 398 g/mol. The molecule has 3 aromatic rings. The highest BCUT2D eigenvalue weighted by atomic mass is 16.2. The van der Waals surface area contributed by atoms with Gasteiger partial charge in [-0.25, -0.2) is 24.3 Å². The number of piperidine rings is 1. The summed E-state index contributed by atoms with van der Waals surface area (Å²) in [6, 6.07) is 1.64. The Morgan fingerprint density at radius 2 is 1.97 bits per heavy atom. The van der Waals surface area contributed by atoms with E-state index >= 15 is 0 Å². The minimum atomic E-state index is -0.570. The normalized spacial score (nSPS) is 16.9. The number of fused-ring (bicyclic) bond motifs is 1. The predicted molar refractivity (Wildman–Crippen MR) is 106 cm³/mol. The van der Waals surface area contributed by atoms with Gasteiger partial charge >= 0.3 is 5.69 Å². The smallest absolute Gasteiger partial charge is 0.332 e. The number of nitrogens with zero attached hydrogens (tertiary/aromatic N) is 7. The number of aromatic nitrogens is 6. The van der Waals surface area contributed by atoms with Crippen molar-refractivity contribution in [1.29, 1.82) is 0 Å². The zero-order valence-corrected chi connectivity index (χ0v) is 16.3. The standard InChI is InChI=1S/C18H22N8O3/c1-23-11-21-15-14(23)16(28)26(18(29)24(15)2)10-13(27)22-12-5-3-8-25(9-12)17-19-6-4-7-20-17/h4,6-7,11-12H,3,5,8-10H2,1-2H3,(H,22,27). The molecule has 11 nitrogen and oxygen atoms in total. The van der Waals surface area contributed by atoms with Gasteiger partial charge in [0.1, 0.15) is 6.54 Å². The van der Waals surface area contributed by atoms with Gasteiger partial charge in [-0.15, -0.1) is 0 Å². The maximum absolute atomic E-state index is 12.7. The number of aryl methyl sites for hydroxylation is 2. The second-order valence-electron chi connectivity index (χ2n) is 7.16. The third-order valence-electron chi connectivity index (χ3n) is 5.12. The van der Waals surface area contributed by atoms with E-state index in [4.69, 9.17) is 0 Å². The van der Waals surface area contributed by atoms with Crippen LogP contribution in [0.15, 0.2) is 34.4 Å². The zero-order chi connectivity index (χ0) is 20.5. The second kappa shape index (κ2) is 7.49. The van der Waals surface area contributed by atoms with Crippen LogP contribution in [-0.4, -0.2) is 53.7 Å². The van der Waals surface area contributed by atoms with Crippen molar-refractivity contribution in [2.75, 3.05) is 18.0 Å². The largest absolute Gasteiger partial charge is 0.350 e. The SMILES string of the molecule is Cn1cnc2c1c(=O)n(CC(=O)NC1CCCN(c3ncccn3)C1)c(=O)n2C. The molecule has 0 aromatic carbocycles. The molecule has 1 saturated heterocycles. The van der Waals surface area contributed by atoms with Gasteiger partial charge in [0.15, 0.2) is 11.2 Å². The Bertz CT molecular complexity index is 1160. The van der Waals surface area contributed by atoms with Crippen LogP contribution in [-0.2, 0) is 25.4 Å². The van der Waals surface area contributed by atoms with Gasteiger partial charge in [-0.05, 0) is 18.9 Å². The molecule has 0 bridgehead atoms. The second-order valence-corrected chi connectivity index (χ2v) is 7.16. The summed E-state index contributed by atoms with van der Waals surface area (Å²) in [6.45, 7) is 1.04. The van der Waals surface area contributed by atoms with Crippen molar-refractivity contribution in [2.24, 2.45) is 14.1 Å². The lowest BCUT2D eigenvalue weighted by Crippen LogP contribution is -2.50. The summed E-state index contributed by atoms with van der Waals surface area (Å²) < 4.78 is 3.77. The van der Waals surface area contributed by atoms with Crippen molar-refractivity contribution in [3.05, 3.63) is 45.6 Å². The molecule has 0 saturated carbocycles. The minimum absolute atomic E-state index is 0.111. The Morgan fingerprint density at radius 3 is 2.72 bits per heavy atom. The van der Waals surface area contributed by atoms with Crippen LogP contribution in [0, 0.1) is 0 Å². The fraction of sp³-hybridized carbons (Fsp3) is 0.444. The Balaban J connectivity index is 1.51. The number of rotatable bonds is 4. The molecule has 4 rings (SSSR count). The quantitative estimate of drug-likeness (QED) is 0.599. The molecule has 1 aliphatic rings. The first-order valence-electron chi connectivity index (χ1n) is 9.38.